The second-order valence-corrected chi connectivity index (χ2v) is 5.29. The van der Waals surface area contributed by atoms with Gasteiger partial charge in [0, 0.05) is 24.0 Å². The number of carbonyl (C=O) groups excluding carboxylic acids is 1. The van der Waals surface area contributed by atoms with Gasteiger partial charge in [-0.1, -0.05) is 6.07 Å². The highest BCUT2D eigenvalue weighted by molar-refractivity contribution is 6.05. The predicted octanol–water partition coefficient (Wildman–Crippen LogP) is 3.55. The fraction of sp³-hybridized carbons (Fsp3) is 0.0526. The fourth-order valence-electron chi connectivity index (χ4n) is 2.25. The number of phenolic OH excluding ortho intramolecular Hbond substituents is 1. The molecule has 0 saturated carbocycles. The number of nitrogens with zero attached hydrogens (tertiary/aromatic N) is 1. The van der Waals surface area contributed by atoms with E-state index in [2.05, 4.69) is 10.3 Å². The van der Waals surface area contributed by atoms with E-state index >= 15 is 0 Å². The molecule has 0 atom stereocenters. The average Bonchev–Trinajstić information content (AvgIpc) is 2.64. The Kier molecular flexibility index (Phi) is 4.89. The normalized spacial score (nSPS) is 10.2. The SMILES string of the molecule is COc1ccnc(C(=O)Nc2cccc(Oc3ccc(O)cc3)c2)c1O. The lowest BCUT2D eigenvalue weighted by molar-refractivity contribution is 0.101. The van der Waals surface area contributed by atoms with Gasteiger partial charge in [-0.15, -0.1) is 0 Å². The zero-order chi connectivity index (χ0) is 18.5. The van der Waals surface area contributed by atoms with Crippen molar-refractivity contribution >= 4 is 11.6 Å². The highest BCUT2D eigenvalue weighted by Gasteiger charge is 2.17. The molecule has 3 N–H and O–H groups in total. The number of aromatic nitrogens is 1. The molecule has 0 unspecified atom stereocenters. The number of hydrogen-bond donors (Lipinski definition) is 3. The molecule has 7 nitrogen and oxygen atoms in total. The second kappa shape index (κ2) is 7.43. The van der Waals surface area contributed by atoms with E-state index in [9.17, 15) is 15.0 Å². The van der Waals surface area contributed by atoms with Gasteiger partial charge in [0.1, 0.15) is 17.2 Å². The Bertz CT molecular complexity index is 925. The van der Waals surface area contributed by atoms with Crippen LogP contribution in [-0.2, 0) is 0 Å². The second-order valence-electron chi connectivity index (χ2n) is 5.29. The highest BCUT2D eigenvalue weighted by atomic mass is 16.5. The maximum Gasteiger partial charge on any atom is 0.278 e. The zero-order valence-electron chi connectivity index (χ0n) is 13.8. The minimum atomic E-state index is -0.580. The zero-order valence-corrected chi connectivity index (χ0v) is 13.8. The van der Waals surface area contributed by atoms with Crippen LogP contribution < -0.4 is 14.8 Å². The van der Waals surface area contributed by atoms with Gasteiger partial charge in [0.25, 0.3) is 5.91 Å². The van der Waals surface area contributed by atoms with E-state index < -0.39 is 5.91 Å². The number of pyridine rings is 1. The van der Waals surface area contributed by atoms with Crippen molar-refractivity contribution in [1.82, 2.24) is 4.98 Å². The first-order valence-electron chi connectivity index (χ1n) is 7.67. The van der Waals surface area contributed by atoms with Crippen LogP contribution in [0.15, 0.2) is 60.8 Å². The summed E-state index contributed by atoms with van der Waals surface area (Å²) < 4.78 is 10.6. The lowest BCUT2D eigenvalue weighted by Crippen LogP contribution is -2.14. The Morgan fingerprint density at radius 3 is 2.54 bits per heavy atom. The number of phenols is 1. The van der Waals surface area contributed by atoms with Gasteiger partial charge in [-0.3, -0.25) is 4.79 Å². The summed E-state index contributed by atoms with van der Waals surface area (Å²) in [5.74, 6) is 0.431. The van der Waals surface area contributed by atoms with Crippen LogP contribution in [0.25, 0.3) is 0 Å². The molecular weight excluding hydrogens is 336 g/mol. The Morgan fingerprint density at radius 2 is 1.81 bits per heavy atom. The first-order valence-corrected chi connectivity index (χ1v) is 7.67. The molecule has 2 aromatic carbocycles. The molecule has 1 heterocycles. The van der Waals surface area contributed by atoms with Gasteiger partial charge >= 0.3 is 0 Å². The van der Waals surface area contributed by atoms with Gasteiger partial charge in [-0.2, -0.15) is 0 Å². The summed E-state index contributed by atoms with van der Waals surface area (Å²) in [7, 11) is 1.39. The van der Waals surface area contributed by atoms with Crippen molar-refractivity contribution < 1.29 is 24.5 Å². The molecule has 3 rings (SSSR count). The van der Waals surface area contributed by atoms with Crippen LogP contribution in [0.3, 0.4) is 0 Å². The van der Waals surface area contributed by atoms with Gasteiger partial charge in [0.15, 0.2) is 17.2 Å². The number of amides is 1. The number of anilines is 1. The fourth-order valence-corrected chi connectivity index (χ4v) is 2.25. The van der Waals surface area contributed by atoms with Crippen LogP contribution in [0.4, 0.5) is 5.69 Å². The van der Waals surface area contributed by atoms with Gasteiger partial charge in [-0.05, 0) is 36.4 Å². The molecule has 132 valence electrons. The van der Waals surface area contributed by atoms with Crippen LogP contribution in [0.1, 0.15) is 10.5 Å². The van der Waals surface area contributed by atoms with Gasteiger partial charge in [-0.25, -0.2) is 4.98 Å². The minimum Gasteiger partial charge on any atom is -0.508 e. The number of rotatable bonds is 5. The molecule has 3 aromatic rings. The maximum atomic E-state index is 12.4. The number of aromatic hydroxyl groups is 2. The molecule has 0 fully saturated rings. The van der Waals surface area contributed by atoms with Crippen molar-refractivity contribution in [3.8, 4) is 28.7 Å². The van der Waals surface area contributed by atoms with E-state index in [4.69, 9.17) is 9.47 Å². The molecule has 1 aromatic heterocycles. The number of ether oxygens (including phenoxy) is 2. The monoisotopic (exact) mass is 352 g/mol. The quantitative estimate of drug-likeness (QED) is 0.649. The van der Waals surface area contributed by atoms with E-state index in [-0.39, 0.29) is 22.9 Å². The third-order valence-corrected chi connectivity index (χ3v) is 3.49. The summed E-state index contributed by atoms with van der Waals surface area (Å²) in [6.07, 6.45) is 1.37. The van der Waals surface area contributed by atoms with Crippen molar-refractivity contribution in [3.05, 3.63) is 66.5 Å². The van der Waals surface area contributed by atoms with E-state index in [0.29, 0.717) is 17.2 Å². The average molecular weight is 352 g/mol. The van der Waals surface area contributed by atoms with E-state index in [1.807, 2.05) is 0 Å². The summed E-state index contributed by atoms with van der Waals surface area (Å²) in [5, 5.41) is 22.0. The van der Waals surface area contributed by atoms with Gasteiger partial charge < -0.3 is 25.0 Å². The molecule has 0 aliphatic heterocycles. The molecule has 1 amide bonds. The molecule has 0 aliphatic rings. The number of benzene rings is 2. The lowest BCUT2D eigenvalue weighted by Gasteiger charge is -2.10. The van der Waals surface area contributed by atoms with Crippen molar-refractivity contribution in [2.24, 2.45) is 0 Å². The molecule has 0 aliphatic carbocycles. The number of nitrogens with one attached hydrogen (secondary N) is 1. The minimum absolute atomic E-state index is 0.143. The van der Waals surface area contributed by atoms with Crippen molar-refractivity contribution in [2.75, 3.05) is 12.4 Å². The Hall–Kier alpha value is -3.74. The maximum absolute atomic E-state index is 12.4. The van der Waals surface area contributed by atoms with Gasteiger partial charge in [0.05, 0.1) is 7.11 Å². The van der Waals surface area contributed by atoms with Crippen LogP contribution in [0.5, 0.6) is 28.7 Å². The lowest BCUT2D eigenvalue weighted by atomic mass is 10.2. The van der Waals surface area contributed by atoms with Crippen molar-refractivity contribution in [3.63, 3.8) is 0 Å². The third-order valence-electron chi connectivity index (χ3n) is 3.49. The summed E-state index contributed by atoms with van der Waals surface area (Å²) in [5.41, 5.74) is 0.324. The van der Waals surface area contributed by atoms with Crippen LogP contribution in [0, 0.1) is 0 Å². The number of hydrogen-bond acceptors (Lipinski definition) is 6. The smallest absolute Gasteiger partial charge is 0.278 e. The third kappa shape index (κ3) is 3.84. The van der Waals surface area contributed by atoms with E-state index in [1.165, 1.54) is 31.5 Å². The summed E-state index contributed by atoms with van der Waals surface area (Å²) in [6, 6.07) is 14.5. The molecule has 0 radical (unpaired) electrons. The summed E-state index contributed by atoms with van der Waals surface area (Å²) in [4.78, 5) is 16.2. The van der Waals surface area contributed by atoms with Crippen LogP contribution in [-0.4, -0.2) is 28.2 Å². The molecule has 7 heteroatoms. The first kappa shape index (κ1) is 17.1. The molecule has 26 heavy (non-hydrogen) atoms. The van der Waals surface area contributed by atoms with Crippen LogP contribution in [0.2, 0.25) is 0 Å². The highest BCUT2D eigenvalue weighted by Crippen LogP contribution is 2.29. The van der Waals surface area contributed by atoms with E-state index in [0.717, 1.165) is 0 Å². The standard InChI is InChI=1S/C19H16N2O5/c1-25-16-9-10-20-17(18(16)23)19(24)21-12-3-2-4-15(11-12)26-14-7-5-13(22)6-8-14/h2-11,22-23H,1H3,(H,21,24). The largest absolute Gasteiger partial charge is 0.508 e. The number of methoxy groups -OCH3 is 1. The molecule has 0 bridgehead atoms. The number of carbonyl (C=O) groups is 1. The first-order chi connectivity index (χ1) is 12.6. The Morgan fingerprint density at radius 1 is 1.04 bits per heavy atom. The topological polar surface area (TPSA) is 101 Å². The molecular formula is C19H16N2O5. The van der Waals surface area contributed by atoms with Crippen molar-refractivity contribution in [1.29, 1.82) is 0 Å². The Labute approximate surface area is 149 Å². The van der Waals surface area contributed by atoms with Gasteiger partial charge in [0.2, 0.25) is 0 Å². The van der Waals surface area contributed by atoms with Crippen molar-refractivity contribution in [2.45, 2.75) is 0 Å². The van der Waals surface area contributed by atoms with E-state index in [1.54, 1.807) is 36.4 Å². The molecule has 0 saturated heterocycles. The molecule has 0 spiro atoms. The summed E-state index contributed by atoms with van der Waals surface area (Å²) in [6.45, 7) is 0. The summed E-state index contributed by atoms with van der Waals surface area (Å²) >= 11 is 0. The Balaban J connectivity index is 1.76. The van der Waals surface area contributed by atoms with Crippen LogP contribution >= 0.6 is 0 Å². The predicted molar refractivity (Wildman–Crippen MR) is 95.0 cm³/mol.